The van der Waals surface area contributed by atoms with E-state index in [1.54, 1.807) is 23.9 Å². The molecule has 4 nitrogen and oxygen atoms in total. The third-order valence-electron chi connectivity index (χ3n) is 5.77. The zero-order chi connectivity index (χ0) is 20.2. The van der Waals surface area contributed by atoms with Crippen LogP contribution >= 0.6 is 11.8 Å². The van der Waals surface area contributed by atoms with Crippen molar-refractivity contribution < 1.29 is 4.39 Å². The topological polar surface area (TPSA) is 53.6 Å². The minimum atomic E-state index is -0.244. The van der Waals surface area contributed by atoms with Crippen LogP contribution in [0, 0.1) is 11.7 Å². The Morgan fingerprint density at radius 1 is 1.10 bits per heavy atom. The van der Waals surface area contributed by atoms with Crippen molar-refractivity contribution >= 4 is 17.6 Å². The molecular weight excluding hydrogens is 383 g/mol. The molecule has 2 aromatic heterocycles. The van der Waals surface area contributed by atoms with Gasteiger partial charge in [-0.1, -0.05) is 31.0 Å². The van der Waals surface area contributed by atoms with Gasteiger partial charge in [-0.2, -0.15) is 0 Å². The Bertz CT molecular complexity index is 948. The number of anilines is 1. The van der Waals surface area contributed by atoms with Crippen LogP contribution < -0.4 is 5.32 Å². The van der Waals surface area contributed by atoms with E-state index in [1.807, 2.05) is 18.5 Å². The van der Waals surface area contributed by atoms with Crippen molar-refractivity contribution in [1.29, 1.82) is 0 Å². The van der Waals surface area contributed by atoms with Gasteiger partial charge in [0.15, 0.2) is 5.16 Å². The normalized spacial score (nSPS) is 16.0. The molecule has 6 heteroatoms. The average Bonchev–Trinajstić information content (AvgIpc) is 3.20. The van der Waals surface area contributed by atoms with Crippen LogP contribution in [0.1, 0.15) is 39.0 Å². The number of aromatic amines is 1. The highest BCUT2D eigenvalue weighted by atomic mass is 32.2. The number of thioether (sulfide) groups is 1. The fourth-order valence-corrected chi connectivity index (χ4v) is 4.51. The summed E-state index contributed by atoms with van der Waals surface area (Å²) in [6, 6.07) is 10.9. The van der Waals surface area contributed by atoms with Crippen LogP contribution in [0.2, 0.25) is 0 Å². The lowest BCUT2D eigenvalue weighted by molar-refractivity contribution is 0.328. The number of halogens is 1. The zero-order valence-corrected chi connectivity index (χ0v) is 17.7. The molecule has 3 aromatic rings. The molecule has 1 fully saturated rings. The highest BCUT2D eigenvalue weighted by molar-refractivity contribution is 7.98. The largest absolute Gasteiger partial charge is 0.367 e. The molecule has 1 aromatic carbocycles. The van der Waals surface area contributed by atoms with Crippen molar-refractivity contribution in [3.8, 4) is 22.5 Å². The summed E-state index contributed by atoms with van der Waals surface area (Å²) in [4.78, 5) is 12.7. The average molecular weight is 411 g/mol. The lowest BCUT2D eigenvalue weighted by atomic mass is 9.84. The molecule has 0 radical (unpaired) electrons. The van der Waals surface area contributed by atoms with Crippen LogP contribution in [-0.4, -0.2) is 27.2 Å². The van der Waals surface area contributed by atoms with E-state index >= 15 is 0 Å². The van der Waals surface area contributed by atoms with E-state index in [9.17, 15) is 4.39 Å². The summed E-state index contributed by atoms with van der Waals surface area (Å²) in [5, 5.41) is 4.44. The summed E-state index contributed by atoms with van der Waals surface area (Å²) >= 11 is 1.56. The second kappa shape index (κ2) is 8.99. The smallest absolute Gasteiger partial charge is 0.166 e. The molecule has 29 heavy (non-hydrogen) atoms. The third-order valence-corrected chi connectivity index (χ3v) is 6.35. The third kappa shape index (κ3) is 4.64. The maximum absolute atomic E-state index is 13.4. The number of rotatable bonds is 6. The summed E-state index contributed by atoms with van der Waals surface area (Å²) in [5.74, 6) is 1.34. The Morgan fingerprint density at radius 3 is 2.59 bits per heavy atom. The number of hydrogen-bond donors (Lipinski definition) is 2. The Labute approximate surface area is 175 Å². The summed E-state index contributed by atoms with van der Waals surface area (Å²) < 4.78 is 13.4. The molecule has 0 aliphatic heterocycles. The Balaban J connectivity index is 1.62. The van der Waals surface area contributed by atoms with Gasteiger partial charge in [0, 0.05) is 23.4 Å². The molecule has 4 rings (SSSR count). The number of H-pyrrole nitrogens is 1. The van der Waals surface area contributed by atoms with E-state index in [0.29, 0.717) is 12.0 Å². The first kappa shape index (κ1) is 20.0. The number of nitrogens with zero attached hydrogens (tertiary/aromatic N) is 2. The minimum Gasteiger partial charge on any atom is -0.367 e. The number of hydrogen-bond acceptors (Lipinski definition) is 4. The summed E-state index contributed by atoms with van der Waals surface area (Å²) in [6.45, 7) is 2.26. The Hall–Kier alpha value is -2.34. The van der Waals surface area contributed by atoms with Gasteiger partial charge >= 0.3 is 0 Å². The zero-order valence-electron chi connectivity index (χ0n) is 16.9. The first-order valence-corrected chi connectivity index (χ1v) is 11.5. The fourth-order valence-electron chi connectivity index (χ4n) is 4.12. The van der Waals surface area contributed by atoms with Gasteiger partial charge in [-0.05, 0) is 68.3 Å². The monoisotopic (exact) mass is 410 g/mol. The fraction of sp³-hybridized carbons (Fsp3) is 0.391. The maximum atomic E-state index is 13.4. The van der Waals surface area contributed by atoms with E-state index in [2.05, 4.69) is 28.3 Å². The van der Waals surface area contributed by atoms with Gasteiger partial charge in [-0.3, -0.25) is 0 Å². The van der Waals surface area contributed by atoms with E-state index in [4.69, 9.17) is 4.98 Å². The van der Waals surface area contributed by atoms with Crippen LogP contribution in [0.3, 0.4) is 0 Å². The predicted octanol–water partition coefficient (Wildman–Crippen LogP) is 6.38. The van der Waals surface area contributed by atoms with Crippen molar-refractivity contribution in [2.45, 2.75) is 50.2 Å². The van der Waals surface area contributed by atoms with Gasteiger partial charge in [0.25, 0.3) is 0 Å². The molecule has 152 valence electrons. The van der Waals surface area contributed by atoms with Gasteiger partial charge in [0.05, 0.1) is 11.4 Å². The number of nitrogens with one attached hydrogen (secondary N) is 2. The quantitative estimate of drug-likeness (QED) is 0.463. The molecule has 0 spiro atoms. The second-order valence-electron chi connectivity index (χ2n) is 7.74. The van der Waals surface area contributed by atoms with Gasteiger partial charge < -0.3 is 10.3 Å². The summed E-state index contributed by atoms with van der Waals surface area (Å²) in [5.41, 5.74) is 3.66. The van der Waals surface area contributed by atoms with Crippen LogP contribution in [0.25, 0.3) is 22.5 Å². The molecule has 0 unspecified atom stereocenters. The van der Waals surface area contributed by atoms with E-state index in [-0.39, 0.29) is 5.82 Å². The molecule has 0 amide bonds. The Morgan fingerprint density at radius 2 is 1.86 bits per heavy atom. The summed E-state index contributed by atoms with van der Waals surface area (Å²) in [6.07, 6.45) is 10.4. The van der Waals surface area contributed by atoms with Gasteiger partial charge in [-0.15, -0.1) is 0 Å². The minimum absolute atomic E-state index is 0.244. The number of benzene rings is 1. The predicted molar refractivity (Wildman–Crippen MR) is 119 cm³/mol. The molecule has 1 aliphatic carbocycles. The van der Waals surface area contributed by atoms with E-state index < -0.39 is 0 Å². The van der Waals surface area contributed by atoms with E-state index in [1.165, 1.54) is 44.2 Å². The number of pyridine rings is 1. The molecule has 2 N–H and O–H groups in total. The van der Waals surface area contributed by atoms with Gasteiger partial charge in [0.2, 0.25) is 0 Å². The lowest BCUT2D eigenvalue weighted by Gasteiger charge is -2.28. The van der Waals surface area contributed by atoms with Crippen molar-refractivity contribution in [2.24, 2.45) is 5.92 Å². The second-order valence-corrected chi connectivity index (χ2v) is 8.53. The van der Waals surface area contributed by atoms with Crippen molar-refractivity contribution in [2.75, 3.05) is 11.6 Å². The molecule has 2 heterocycles. The highest BCUT2D eigenvalue weighted by Crippen LogP contribution is 2.33. The van der Waals surface area contributed by atoms with Crippen LogP contribution in [0.15, 0.2) is 47.8 Å². The first-order valence-electron chi connectivity index (χ1n) is 10.3. The molecule has 1 aliphatic rings. The number of aromatic nitrogens is 3. The SMILES string of the molecule is CSc1nc(-c2ccnc(N[C@H](C)C3CCCCC3)c2)c(-c2ccc(F)cc2)[nH]1. The van der Waals surface area contributed by atoms with Crippen molar-refractivity contribution in [3.05, 3.63) is 48.4 Å². The van der Waals surface area contributed by atoms with Crippen LogP contribution in [0.5, 0.6) is 0 Å². The summed E-state index contributed by atoms with van der Waals surface area (Å²) in [7, 11) is 0. The molecule has 1 atom stereocenters. The van der Waals surface area contributed by atoms with E-state index in [0.717, 1.165) is 33.5 Å². The van der Waals surface area contributed by atoms with Crippen LogP contribution in [0.4, 0.5) is 10.2 Å². The number of imidazole rings is 1. The first-order chi connectivity index (χ1) is 14.1. The molecule has 1 saturated carbocycles. The molecular formula is C23H27FN4S. The van der Waals surface area contributed by atoms with Crippen molar-refractivity contribution in [1.82, 2.24) is 15.0 Å². The molecule has 0 bridgehead atoms. The maximum Gasteiger partial charge on any atom is 0.166 e. The van der Waals surface area contributed by atoms with Gasteiger partial charge in [0.1, 0.15) is 11.6 Å². The Kier molecular flexibility index (Phi) is 6.19. The van der Waals surface area contributed by atoms with Crippen LogP contribution in [-0.2, 0) is 0 Å². The highest BCUT2D eigenvalue weighted by Gasteiger charge is 2.21. The van der Waals surface area contributed by atoms with Crippen molar-refractivity contribution in [3.63, 3.8) is 0 Å². The standard InChI is InChI=1S/C23H27FN4S/c1-15(16-6-4-3-5-7-16)26-20-14-18(12-13-25-20)22-21(27-23(28-22)29-2)17-8-10-19(24)11-9-17/h8-16H,3-7H2,1-2H3,(H,25,26)(H,27,28)/t15-/m1/s1. The molecule has 0 saturated heterocycles. The lowest BCUT2D eigenvalue weighted by Crippen LogP contribution is -2.28. The van der Waals surface area contributed by atoms with Gasteiger partial charge in [-0.25, -0.2) is 14.4 Å².